The van der Waals surface area contributed by atoms with E-state index in [9.17, 15) is 4.79 Å². The Hall–Kier alpha value is -1.98. The van der Waals surface area contributed by atoms with Crippen LogP contribution in [0.25, 0.3) is 0 Å². The number of halogens is 2. The van der Waals surface area contributed by atoms with Crippen molar-refractivity contribution in [1.82, 2.24) is 5.43 Å². The van der Waals surface area contributed by atoms with E-state index in [0.717, 1.165) is 0 Å². The Bertz CT molecular complexity index is 684. The minimum atomic E-state index is -0.771. The highest BCUT2D eigenvalue weighted by Crippen LogP contribution is 2.28. The van der Waals surface area contributed by atoms with Crippen molar-refractivity contribution in [2.75, 3.05) is 0 Å². The van der Waals surface area contributed by atoms with Crippen LogP contribution in [0.2, 0.25) is 10.0 Å². The van der Waals surface area contributed by atoms with Gasteiger partial charge in [-0.3, -0.25) is 4.79 Å². The lowest BCUT2D eigenvalue weighted by Gasteiger charge is -2.14. The van der Waals surface area contributed by atoms with Crippen LogP contribution in [0.3, 0.4) is 0 Å². The van der Waals surface area contributed by atoms with Gasteiger partial charge in [0.1, 0.15) is 17.2 Å². The molecule has 1 amide bonds. The lowest BCUT2D eigenvalue weighted by atomic mass is 10.3. The van der Waals surface area contributed by atoms with Crippen LogP contribution in [0.15, 0.2) is 46.1 Å². The summed E-state index contributed by atoms with van der Waals surface area (Å²) in [7, 11) is 0. The summed E-state index contributed by atoms with van der Waals surface area (Å²) in [6.45, 7) is 3.32. The lowest BCUT2D eigenvalue weighted by molar-refractivity contribution is -0.127. The number of amides is 1. The molecule has 0 aliphatic carbocycles. The fourth-order valence-electron chi connectivity index (χ4n) is 1.58. The number of carbonyl (C=O) groups excluding carboxylic acids is 1. The van der Waals surface area contributed by atoms with Crippen LogP contribution in [0.1, 0.15) is 19.6 Å². The van der Waals surface area contributed by atoms with Gasteiger partial charge in [-0.2, -0.15) is 5.10 Å². The SMILES string of the molecule is C/C(=N\NC(=O)C(C)Oc1ccc(Cl)cc1Cl)c1ccco1. The van der Waals surface area contributed by atoms with Gasteiger partial charge in [0.25, 0.3) is 5.91 Å². The van der Waals surface area contributed by atoms with Crippen molar-refractivity contribution in [1.29, 1.82) is 0 Å². The largest absolute Gasteiger partial charge is 0.479 e. The third kappa shape index (κ3) is 4.26. The molecule has 0 bridgehead atoms. The molecule has 0 aliphatic heterocycles. The average Bonchev–Trinajstić information content (AvgIpc) is 3.01. The van der Waals surface area contributed by atoms with E-state index in [1.807, 2.05) is 0 Å². The van der Waals surface area contributed by atoms with Gasteiger partial charge in [0, 0.05) is 5.02 Å². The summed E-state index contributed by atoms with van der Waals surface area (Å²) in [5.74, 6) is 0.548. The number of carbonyl (C=O) groups is 1. The molecule has 2 aromatic rings. The second-order valence-corrected chi connectivity index (χ2v) is 5.33. The Balaban J connectivity index is 1.96. The predicted octanol–water partition coefficient (Wildman–Crippen LogP) is 3.89. The zero-order valence-electron chi connectivity index (χ0n) is 12.0. The molecule has 0 aliphatic rings. The van der Waals surface area contributed by atoms with Gasteiger partial charge in [-0.25, -0.2) is 5.43 Å². The van der Waals surface area contributed by atoms with E-state index in [1.54, 1.807) is 44.2 Å². The summed E-state index contributed by atoms with van der Waals surface area (Å²) < 4.78 is 10.7. The number of nitrogens with one attached hydrogen (secondary N) is 1. The van der Waals surface area contributed by atoms with E-state index in [2.05, 4.69) is 10.5 Å². The third-order valence-corrected chi connectivity index (χ3v) is 3.31. The highest BCUT2D eigenvalue weighted by Gasteiger charge is 2.16. The Morgan fingerprint density at radius 3 is 2.77 bits per heavy atom. The van der Waals surface area contributed by atoms with Crippen molar-refractivity contribution in [3.05, 3.63) is 52.4 Å². The number of hydrogen-bond acceptors (Lipinski definition) is 4. The van der Waals surface area contributed by atoms with Crippen LogP contribution in [-0.2, 0) is 4.79 Å². The van der Waals surface area contributed by atoms with E-state index in [-0.39, 0.29) is 0 Å². The molecule has 2 rings (SSSR count). The first-order valence-electron chi connectivity index (χ1n) is 6.47. The molecular formula is C15H14Cl2N2O3. The van der Waals surface area contributed by atoms with Gasteiger partial charge in [0.05, 0.1) is 11.3 Å². The molecule has 0 radical (unpaired) electrons. The van der Waals surface area contributed by atoms with E-state index in [4.69, 9.17) is 32.4 Å². The minimum absolute atomic E-state index is 0.336. The van der Waals surface area contributed by atoms with Gasteiger partial charge >= 0.3 is 0 Å². The first-order chi connectivity index (χ1) is 10.5. The van der Waals surface area contributed by atoms with Gasteiger partial charge in [0.15, 0.2) is 6.10 Å². The molecule has 116 valence electrons. The second kappa shape index (κ2) is 7.33. The average molecular weight is 341 g/mol. The molecule has 22 heavy (non-hydrogen) atoms. The molecule has 7 heteroatoms. The van der Waals surface area contributed by atoms with Crippen LogP contribution in [0.5, 0.6) is 5.75 Å². The van der Waals surface area contributed by atoms with Gasteiger partial charge in [-0.15, -0.1) is 0 Å². The van der Waals surface area contributed by atoms with Crippen LogP contribution < -0.4 is 10.2 Å². The maximum atomic E-state index is 12.0. The van der Waals surface area contributed by atoms with E-state index >= 15 is 0 Å². The highest BCUT2D eigenvalue weighted by molar-refractivity contribution is 6.35. The standard InChI is InChI=1S/C15H14Cl2N2O3/c1-9(13-4-3-7-21-13)18-19-15(20)10(2)22-14-6-5-11(16)8-12(14)17/h3-8,10H,1-2H3,(H,19,20)/b18-9+. The smallest absolute Gasteiger partial charge is 0.280 e. The molecule has 1 N–H and O–H groups in total. The number of hydrazone groups is 1. The number of rotatable bonds is 5. The van der Waals surface area contributed by atoms with Crippen molar-refractivity contribution in [3.8, 4) is 5.75 Å². The van der Waals surface area contributed by atoms with E-state index in [1.165, 1.54) is 6.26 Å². The Kier molecular flexibility index (Phi) is 5.46. The van der Waals surface area contributed by atoms with Crippen LogP contribution >= 0.6 is 23.2 Å². The van der Waals surface area contributed by atoms with Crippen molar-refractivity contribution in [2.45, 2.75) is 20.0 Å². The van der Waals surface area contributed by atoms with Gasteiger partial charge in [-0.1, -0.05) is 23.2 Å². The van der Waals surface area contributed by atoms with Gasteiger partial charge < -0.3 is 9.15 Å². The summed E-state index contributed by atoms with van der Waals surface area (Å²) in [5.41, 5.74) is 2.97. The second-order valence-electron chi connectivity index (χ2n) is 4.49. The normalized spacial score (nSPS) is 12.8. The Morgan fingerprint density at radius 2 is 2.14 bits per heavy atom. The molecule has 0 saturated heterocycles. The van der Waals surface area contributed by atoms with Gasteiger partial charge in [0.2, 0.25) is 0 Å². The zero-order valence-corrected chi connectivity index (χ0v) is 13.5. The summed E-state index contributed by atoms with van der Waals surface area (Å²) >= 11 is 11.8. The maximum absolute atomic E-state index is 12.0. The quantitative estimate of drug-likeness (QED) is 0.663. The van der Waals surface area contributed by atoms with Crippen molar-refractivity contribution >= 4 is 34.8 Å². The predicted molar refractivity (Wildman–Crippen MR) is 85.6 cm³/mol. The fraction of sp³-hybridized carbons (Fsp3) is 0.200. The molecule has 0 fully saturated rings. The highest BCUT2D eigenvalue weighted by atomic mass is 35.5. The maximum Gasteiger partial charge on any atom is 0.280 e. The van der Waals surface area contributed by atoms with Crippen molar-refractivity contribution < 1.29 is 13.9 Å². The molecule has 0 spiro atoms. The monoisotopic (exact) mass is 340 g/mol. The third-order valence-electron chi connectivity index (χ3n) is 2.78. The molecule has 1 aromatic heterocycles. The zero-order chi connectivity index (χ0) is 16.1. The topological polar surface area (TPSA) is 63.8 Å². The molecule has 1 aromatic carbocycles. The molecule has 5 nitrogen and oxygen atoms in total. The first kappa shape index (κ1) is 16.4. The summed E-state index contributed by atoms with van der Waals surface area (Å²) in [4.78, 5) is 12.0. The van der Waals surface area contributed by atoms with Crippen LogP contribution in [-0.4, -0.2) is 17.7 Å². The molecular weight excluding hydrogens is 327 g/mol. The number of furan rings is 1. The van der Waals surface area contributed by atoms with E-state index in [0.29, 0.717) is 27.3 Å². The number of ether oxygens (including phenoxy) is 1. The minimum Gasteiger partial charge on any atom is -0.479 e. The molecule has 1 unspecified atom stereocenters. The Labute approximate surface area is 137 Å². The van der Waals surface area contributed by atoms with Crippen LogP contribution in [0.4, 0.5) is 0 Å². The fourth-order valence-corrected chi connectivity index (χ4v) is 2.04. The number of benzene rings is 1. The summed E-state index contributed by atoms with van der Waals surface area (Å²) in [6.07, 6.45) is 0.761. The molecule has 1 heterocycles. The van der Waals surface area contributed by atoms with Crippen molar-refractivity contribution in [2.24, 2.45) is 5.10 Å². The first-order valence-corrected chi connectivity index (χ1v) is 7.22. The van der Waals surface area contributed by atoms with E-state index < -0.39 is 12.0 Å². The summed E-state index contributed by atoms with van der Waals surface area (Å²) in [5, 5.41) is 4.78. The lowest BCUT2D eigenvalue weighted by Crippen LogP contribution is -2.34. The Morgan fingerprint density at radius 1 is 1.36 bits per heavy atom. The summed E-state index contributed by atoms with van der Waals surface area (Å²) in [6, 6.07) is 8.27. The molecule has 1 atom stereocenters. The molecule has 0 saturated carbocycles. The van der Waals surface area contributed by atoms with Gasteiger partial charge in [-0.05, 0) is 44.2 Å². The number of hydrogen-bond donors (Lipinski definition) is 1. The van der Waals surface area contributed by atoms with Crippen molar-refractivity contribution in [3.63, 3.8) is 0 Å². The number of nitrogens with zero attached hydrogens (tertiary/aromatic N) is 1. The van der Waals surface area contributed by atoms with Crippen LogP contribution in [0, 0.1) is 0 Å².